The minimum absolute atomic E-state index is 0.0278. The summed E-state index contributed by atoms with van der Waals surface area (Å²) < 4.78 is 47.4. The van der Waals surface area contributed by atoms with E-state index in [9.17, 15) is 18.3 Å². The molecule has 2 aliphatic heterocycles. The molecule has 3 aliphatic rings. The Labute approximate surface area is 165 Å². The molecule has 1 aromatic heterocycles. The number of benzene rings is 1. The summed E-state index contributed by atoms with van der Waals surface area (Å²) in [6.07, 6.45) is -1.02. The molecule has 1 aliphatic carbocycles. The third-order valence-electron chi connectivity index (χ3n) is 6.13. The number of ether oxygens (including phenoxy) is 1. The van der Waals surface area contributed by atoms with Crippen molar-refractivity contribution in [3.05, 3.63) is 41.1 Å². The predicted molar refractivity (Wildman–Crippen MR) is 99.5 cm³/mol. The van der Waals surface area contributed by atoms with Gasteiger partial charge in [-0.3, -0.25) is 0 Å². The van der Waals surface area contributed by atoms with Crippen LogP contribution in [0.4, 0.5) is 19.1 Å². The van der Waals surface area contributed by atoms with Gasteiger partial charge < -0.3 is 20.5 Å². The number of aliphatic hydroxyl groups excluding tert-OH is 1. The fourth-order valence-electron chi connectivity index (χ4n) is 4.17. The number of aliphatic hydroxyl groups is 1. The molecule has 154 valence electrons. The summed E-state index contributed by atoms with van der Waals surface area (Å²) >= 11 is 0. The van der Waals surface area contributed by atoms with Crippen LogP contribution < -0.4 is 10.6 Å². The molecular weight excluding hydrogens is 385 g/mol. The number of rotatable bonds is 4. The highest BCUT2D eigenvalue weighted by Gasteiger charge is 2.46. The number of halogens is 3. The standard InChI is InChI=1S/C20H21F3N4O2/c21-7-14-15(28)8-27(14)18-25-16(13-5-6-20(22,23)17(13)26-18)11-1-3-12(4-2-11)19(24)9-29-10-19/h1-4,14-15,28H,5-10,24H2/t14-,15+/m0/s1. The third-order valence-corrected chi connectivity index (χ3v) is 6.13. The average Bonchev–Trinajstić information content (AvgIpc) is 2.99. The number of aromatic nitrogens is 2. The molecule has 0 radical (unpaired) electrons. The maximum absolute atomic E-state index is 14.5. The molecule has 3 N–H and O–H groups in total. The van der Waals surface area contributed by atoms with Crippen LogP contribution in [0.15, 0.2) is 24.3 Å². The van der Waals surface area contributed by atoms with E-state index < -0.39 is 30.3 Å². The summed E-state index contributed by atoms with van der Waals surface area (Å²) in [7, 11) is 0. The Bertz CT molecular complexity index is 949. The van der Waals surface area contributed by atoms with Crippen molar-refractivity contribution < 1.29 is 23.0 Å². The fourth-order valence-corrected chi connectivity index (χ4v) is 4.17. The van der Waals surface area contributed by atoms with Crippen LogP contribution in [0.2, 0.25) is 0 Å². The average molecular weight is 406 g/mol. The zero-order valence-electron chi connectivity index (χ0n) is 15.6. The molecule has 3 heterocycles. The Balaban J connectivity index is 1.57. The van der Waals surface area contributed by atoms with Gasteiger partial charge in [-0.25, -0.2) is 14.4 Å². The normalized spacial score (nSPS) is 26.6. The summed E-state index contributed by atoms with van der Waals surface area (Å²) in [5, 5.41) is 9.75. The zero-order chi connectivity index (χ0) is 20.4. The highest BCUT2D eigenvalue weighted by Crippen LogP contribution is 2.45. The van der Waals surface area contributed by atoms with Crippen LogP contribution in [0.1, 0.15) is 23.2 Å². The van der Waals surface area contributed by atoms with Crippen LogP contribution in [0.5, 0.6) is 0 Å². The summed E-state index contributed by atoms with van der Waals surface area (Å²) in [6, 6.07) is 6.52. The van der Waals surface area contributed by atoms with Crippen molar-refractivity contribution in [1.29, 1.82) is 0 Å². The first-order valence-electron chi connectivity index (χ1n) is 9.60. The molecule has 29 heavy (non-hydrogen) atoms. The number of nitrogens with two attached hydrogens (primary N) is 1. The Hall–Kier alpha value is -2.23. The van der Waals surface area contributed by atoms with Crippen LogP contribution in [0.3, 0.4) is 0 Å². The molecule has 2 fully saturated rings. The van der Waals surface area contributed by atoms with E-state index in [4.69, 9.17) is 10.5 Å². The SMILES string of the molecule is NC1(c2ccc(-c3nc(N4C[C@@H](O)[C@@H]4CF)nc4c3CCC4(F)F)cc2)COC1. The lowest BCUT2D eigenvalue weighted by Crippen LogP contribution is -2.62. The van der Waals surface area contributed by atoms with Gasteiger partial charge in [0.15, 0.2) is 0 Å². The van der Waals surface area contributed by atoms with Crippen LogP contribution in [-0.2, 0) is 22.6 Å². The Morgan fingerprint density at radius 3 is 2.52 bits per heavy atom. The van der Waals surface area contributed by atoms with E-state index in [0.29, 0.717) is 30.0 Å². The van der Waals surface area contributed by atoms with Crippen molar-refractivity contribution >= 4 is 5.95 Å². The minimum atomic E-state index is -3.05. The van der Waals surface area contributed by atoms with Gasteiger partial charge in [0.25, 0.3) is 5.92 Å². The molecule has 6 nitrogen and oxygen atoms in total. The van der Waals surface area contributed by atoms with Crippen molar-refractivity contribution in [3.8, 4) is 11.3 Å². The van der Waals surface area contributed by atoms with Crippen LogP contribution >= 0.6 is 0 Å². The van der Waals surface area contributed by atoms with Gasteiger partial charge >= 0.3 is 0 Å². The van der Waals surface area contributed by atoms with E-state index in [0.717, 1.165) is 5.56 Å². The second-order valence-corrected chi connectivity index (χ2v) is 8.07. The highest BCUT2D eigenvalue weighted by atomic mass is 19.3. The fraction of sp³-hybridized carbons (Fsp3) is 0.500. The summed E-state index contributed by atoms with van der Waals surface area (Å²) in [5.74, 6) is -3.03. The summed E-state index contributed by atoms with van der Waals surface area (Å²) in [4.78, 5) is 10.0. The molecule has 0 unspecified atom stereocenters. The van der Waals surface area contributed by atoms with Gasteiger partial charge in [-0.15, -0.1) is 0 Å². The topological polar surface area (TPSA) is 84.5 Å². The van der Waals surface area contributed by atoms with Crippen molar-refractivity contribution in [3.63, 3.8) is 0 Å². The smallest absolute Gasteiger partial charge is 0.290 e. The van der Waals surface area contributed by atoms with Crippen molar-refractivity contribution in [1.82, 2.24) is 9.97 Å². The van der Waals surface area contributed by atoms with Gasteiger partial charge in [-0.1, -0.05) is 24.3 Å². The van der Waals surface area contributed by atoms with Crippen LogP contribution in [0, 0.1) is 0 Å². The molecule has 0 amide bonds. The van der Waals surface area contributed by atoms with E-state index in [1.165, 1.54) is 4.90 Å². The lowest BCUT2D eigenvalue weighted by Gasteiger charge is -2.44. The second kappa shape index (κ2) is 6.38. The number of β-amino-alcohol motifs (C(OH)–C–C–N with tert-alkyl or cyclic N) is 1. The van der Waals surface area contributed by atoms with Gasteiger partial charge in [0.05, 0.1) is 36.6 Å². The summed E-state index contributed by atoms with van der Waals surface area (Å²) in [5.41, 5.74) is 7.85. The zero-order valence-corrected chi connectivity index (χ0v) is 15.6. The lowest BCUT2D eigenvalue weighted by atomic mass is 9.88. The lowest BCUT2D eigenvalue weighted by molar-refractivity contribution is -0.0569. The minimum Gasteiger partial charge on any atom is -0.389 e. The first kappa shape index (κ1) is 18.8. The molecule has 0 saturated carbocycles. The van der Waals surface area contributed by atoms with E-state index in [-0.39, 0.29) is 31.0 Å². The van der Waals surface area contributed by atoms with Gasteiger partial charge in [0, 0.05) is 24.1 Å². The van der Waals surface area contributed by atoms with Gasteiger partial charge in [0.2, 0.25) is 5.95 Å². The van der Waals surface area contributed by atoms with E-state index in [1.54, 1.807) is 0 Å². The molecule has 2 aromatic rings. The number of anilines is 1. The Morgan fingerprint density at radius 1 is 1.21 bits per heavy atom. The van der Waals surface area contributed by atoms with E-state index >= 15 is 0 Å². The largest absolute Gasteiger partial charge is 0.389 e. The van der Waals surface area contributed by atoms with E-state index in [2.05, 4.69) is 9.97 Å². The molecule has 0 bridgehead atoms. The van der Waals surface area contributed by atoms with Crippen molar-refractivity contribution in [2.75, 3.05) is 31.3 Å². The monoisotopic (exact) mass is 406 g/mol. The number of hydrogen-bond acceptors (Lipinski definition) is 6. The van der Waals surface area contributed by atoms with Crippen molar-refractivity contribution in [2.24, 2.45) is 5.73 Å². The molecule has 1 aromatic carbocycles. The molecule has 5 rings (SSSR count). The maximum Gasteiger partial charge on any atom is 0.290 e. The quantitative estimate of drug-likeness (QED) is 0.807. The van der Waals surface area contributed by atoms with Gasteiger partial charge in [-0.2, -0.15) is 8.78 Å². The molecule has 9 heteroatoms. The number of hydrogen-bond donors (Lipinski definition) is 2. The third kappa shape index (κ3) is 2.83. The Kier molecular flexibility index (Phi) is 4.13. The predicted octanol–water partition coefficient (Wildman–Crippen LogP) is 1.88. The van der Waals surface area contributed by atoms with Gasteiger partial charge in [0.1, 0.15) is 12.4 Å². The molecule has 2 saturated heterocycles. The van der Waals surface area contributed by atoms with Gasteiger partial charge in [-0.05, 0) is 12.0 Å². The number of fused-ring (bicyclic) bond motifs is 1. The first-order chi connectivity index (χ1) is 13.8. The van der Waals surface area contributed by atoms with Crippen LogP contribution in [0.25, 0.3) is 11.3 Å². The molecule has 0 spiro atoms. The molecule has 2 atom stereocenters. The Morgan fingerprint density at radius 2 is 1.93 bits per heavy atom. The van der Waals surface area contributed by atoms with Crippen LogP contribution in [-0.4, -0.2) is 53.7 Å². The summed E-state index contributed by atoms with van der Waals surface area (Å²) in [6.45, 7) is 0.191. The number of nitrogens with zero attached hydrogens (tertiary/aromatic N) is 3. The van der Waals surface area contributed by atoms with E-state index in [1.807, 2.05) is 24.3 Å². The molecular formula is C20H21F3N4O2. The first-order valence-corrected chi connectivity index (χ1v) is 9.60. The maximum atomic E-state index is 14.5. The highest BCUT2D eigenvalue weighted by molar-refractivity contribution is 5.68. The second-order valence-electron chi connectivity index (χ2n) is 8.07. The van der Waals surface area contributed by atoms with Crippen molar-refractivity contribution in [2.45, 2.75) is 36.4 Å². The number of alkyl halides is 3.